The van der Waals surface area contributed by atoms with Crippen LogP contribution < -0.4 is 5.32 Å². The number of fused-ring (bicyclic) bond motifs is 4. The molecule has 53 heavy (non-hydrogen) atoms. The van der Waals surface area contributed by atoms with Crippen LogP contribution in [0.15, 0.2) is 72.8 Å². The van der Waals surface area contributed by atoms with Crippen molar-refractivity contribution in [3.8, 4) is 22.3 Å². The summed E-state index contributed by atoms with van der Waals surface area (Å²) in [6.45, 7) is 12.0. The maximum Gasteiger partial charge on any atom is 0.410 e. The predicted molar refractivity (Wildman–Crippen MR) is 209 cm³/mol. The van der Waals surface area contributed by atoms with E-state index < -0.39 is 22.8 Å². The van der Waals surface area contributed by atoms with Gasteiger partial charge in [-0.1, -0.05) is 61.4 Å². The maximum absolute atomic E-state index is 13.0. The summed E-state index contributed by atoms with van der Waals surface area (Å²) >= 11 is 0. The lowest BCUT2D eigenvalue weighted by Crippen LogP contribution is -2.46. The number of likely N-dealkylation sites (tertiary alicyclic amines) is 1. The summed E-state index contributed by atoms with van der Waals surface area (Å²) in [5, 5.41) is 5.34. The van der Waals surface area contributed by atoms with E-state index in [-0.39, 0.29) is 12.1 Å². The minimum Gasteiger partial charge on any atom is -0.444 e. The number of nitrogens with one attached hydrogen (secondary N) is 3. The second-order valence-corrected chi connectivity index (χ2v) is 16.7. The number of carbonyl (C=O) groups is 2. The van der Waals surface area contributed by atoms with E-state index in [0.29, 0.717) is 6.54 Å². The van der Waals surface area contributed by atoms with Gasteiger partial charge in [0.05, 0.1) is 28.1 Å². The van der Waals surface area contributed by atoms with E-state index in [2.05, 4.69) is 82.0 Å². The summed E-state index contributed by atoms with van der Waals surface area (Å²) in [5.74, 6) is 1.58. The molecule has 0 radical (unpaired) electrons. The zero-order valence-corrected chi connectivity index (χ0v) is 31.4. The number of alkyl carbamates (subject to hydrolysis) is 1. The van der Waals surface area contributed by atoms with Crippen LogP contribution in [0.4, 0.5) is 9.59 Å². The highest BCUT2D eigenvalue weighted by molar-refractivity contribution is 6.05. The quantitative estimate of drug-likeness (QED) is 0.163. The molecule has 0 bridgehead atoms. The van der Waals surface area contributed by atoms with Crippen molar-refractivity contribution in [2.45, 2.75) is 103 Å². The number of hydrogen-bond acceptors (Lipinski definition) is 6. The van der Waals surface area contributed by atoms with Crippen LogP contribution in [0, 0.1) is 0 Å². The number of aromatic amines is 2. The molecule has 1 atom stereocenters. The number of imidazole rings is 2. The molecule has 10 heteroatoms. The van der Waals surface area contributed by atoms with Crippen LogP contribution in [-0.2, 0) is 15.0 Å². The molecule has 2 amide bonds. The van der Waals surface area contributed by atoms with Gasteiger partial charge in [-0.3, -0.25) is 4.90 Å². The Hall–Kier alpha value is -5.38. The third-order valence-corrected chi connectivity index (χ3v) is 10.4. The van der Waals surface area contributed by atoms with Crippen molar-refractivity contribution in [2.24, 2.45) is 0 Å². The highest BCUT2D eigenvalue weighted by Gasteiger charge is 2.41. The number of aromatic nitrogens is 4. The second-order valence-electron chi connectivity index (χ2n) is 16.7. The van der Waals surface area contributed by atoms with Gasteiger partial charge < -0.3 is 24.8 Å². The van der Waals surface area contributed by atoms with Gasteiger partial charge in [-0.25, -0.2) is 19.6 Å². The standard InChI is InChI=1S/C43H48N6O4/c1-41(2,3)52-39(50)48-43(21-7-8-22-43)38-45-32-19-16-29(25-34(32)46-38)27-13-11-26(12-14-27)28-15-18-31-30(24-28)17-20-33-36(31)47-37(44-33)35-10-9-23-49(35)40(51)53-42(4,5)6/h11-20,24-25,35H,7-10,21-23H2,1-6H3,(H,44,47)(H,45,46)(H,48,50)/t35-/m0/s1. The van der Waals surface area contributed by atoms with Crippen LogP contribution >= 0.6 is 0 Å². The largest absolute Gasteiger partial charge is 0.444 e. The lowest BCUT2D eigenvalue weighted by Gasteiger charge is -2.30. The van der Waals surface area contributed by atoms with Crippen molar-refractivity contribution in [1.29, 1.82) is 0 Å². The zero-order valence-electron chi connectivity index (χ0n) is 31.4. The summed E-state index contributed by atoms with van der Waals surface area (Å²) in [5.41, 5.74) is 6.43. The van der Waals surface area contributed by atoms with Crippen molar-refractivity contribution in [3.05, 3.63) is 84.4 Å². The van der Waals surface area contributed by atoms with Crippen LogP contribution in [0.5, 0.6) is 0 Å². The average molecular weight is 713 g/mol. The Morgan fingerprint density at radius 1 is 0.755 bits per heavy atom. The van der Waals surface area contributed by atoms with Crippen molar-refractivity contribution in [1.82, 2.24) is 30.2 Å². The van der Waals surface area contributed by atoms with Crippen LogP contribution in [0.2, 0.25) is 0 Å². The van der Waals surface area contributed by atoms with Crippen molar-refractivity contribution >= 4 is 45.0 Å². The number of H-pyrrole nitrogens is 2. The number of nitrogens with zero attached hydrogens (tertiary/aromatic N) is 3. The molecule has 3 heterocycles. The summed E-state index contributed by atoms with van der Waals surface area (Å²) in [7, 11) is 0. The van der Waals surface area contributed by atoms with Gasteiger partial charge in [0, 0.05) is 11.9 Å². The van der Waals surface area contributed by atoms with Gasteiger partial charge in [0.1, 0.15) is 28.4 Å². The number of ether oxygens (including phenoxy) is 2. The van der Waals surface area contributed by atoms with Gasteiger partial charge >= 0.3 is 12.2 Å². The Balaban J connectivity index is 1.02. The van der Waals surface area contributed by atoms with Gasteiger partial charge in [-0.2, -0.15) is 0 Å². The van der Waals surface area contributed by atoms with E-state index in [1.54, 1.807) is 4.90 Å². The fraction of sp³-hybridized carbons (Fsp3) is 0.395. The molecule has 1 aliphatic carbocycles. The Morgan fingerprint density at radius 2 is 1.42 bits per heavy atom. The molecule has 0 spiro atoms. The molecule has 1 saturated carbocycles. The summed E-state index contributed by atoms with van der Waals surface area (Å²) in [6.07, 6.45) is 4.73. The molecular formula is C43H48N6O4. The molecule has 6 aromatic rings. The molecule has 4 aromatic carbocycles. The monoisotopic (exact) mass is 712 g/mol. The number of amides is 2. The highest BCUT2D eigenvalue weighted by Crippen LogP contribution is 2.39. The van der Waals surface area contributed by atoms with Crippen LogP contribution in [0.1, 0.15) is 97.8 Å². The van der Waals surface area contributed by atoms with Crippen LogP contribution in [0.3, 0.4) is 0 Å². The summed E-state index contributed by atoms with van der Waals surface area (Å²) in [4.78, 5) is 44.6. The topological polar surface area (TPSA) is 125 Å². The highest BCUT2D eigenvalue weighted by atomic mass is 16.6. The average Bonchev–Trinajstić information content (AvgIpc) is 3.92. The van der Waals surface area contributed by atoms with Crippen molar-refractivity contribution in [3.63, 3.8) is 0 Å². The molecule has 2 aliphatic rings. The first-order valence-electron chi connectivity index (χ1n) is 18.8. The molecule has 274 valence electrons. The number of rotatable bonds is 5. The van der Waals surface area contributed by atoms with Crippen molar-refractivity contribution in [2.75, 3.05) is 6.54 Å². The minimum atomic E-state index is -0.571. The first-order valence-corrected chi connectivity index (χ1v) is 18.8. The molecular weight excluding hydrogens is 665 g/mol. The summed E-state index contributed by atoms with van der Waals surface area (Å²) in [6, 6.07) is 25.5. The lowest BCUT2D eigenvalue weighted by molar-refractivity contribution is 0.0218. The van der Waals surface area contributed by atoms with E-state index in [9.17, 15) is 9.59 Å². The molecule has 0 unspecified atom stereocenters. The van der Waals surface area contributed by atoms with E-state index >= 15 is 0 Å². The smallest absolute Gasteiger partial charge is 0.410 e. The zero-order chi connectivity index (χ0) is 37.1. The maximum atomic E-state index is 13.0. The molecule has 3 N–H and O–H groups in total. The van der Waals surface area contributed by atoms with E-state index in [1.807, 2.05) is 47.6 Å². The van der Waals surface area contributed by atoms with Gasteiger partial charge in [0.2, 0.25) is 0 Å². The van der Waals surface area contributed by atoms with Gasteiger partial charge in [0.25, 0.3) is 0 Å². The molecule has 1 aliphatic heterocycles. The Labute approximate surface area is 309 Å². The van der Waals surface area contributed by atoms with Gasteiger partial charge in [-0.05, 0) is 119 Å². The molecule has 10 nitrogen and oxygen atoms in total. The molecule has 2 fully saturated rings. The molecule has 1 saturated heterocycles. The Kier molecular flexibility index (Phi) is 8.46. The second kappa shape index (κ2) is 12.9. The molecule has 2 aromatic heterocycles. The van der Waals surface area contributed by atoms with Crippen LogP contribution in [-0.4, -0.2) is 54.8 Å². The van der Waals surface area contributed by atoms with E-state index in [1.165, 1.54) is 0 Å². The van der Waals surface area contributed by atoms with Crippen molar-refractivity contribution < 1.29 is 19.1 Å². The minimum absolute atomic E-state index is 0.133. The Morgan fingerprint density at radius 3 is 2.11 bits per heavy atom. The van der Waals surface area contributed by atoms with E-state index in [4.69, 9.17) is 19.4 Å². The number of carbonyl (C=O) groups excluding carboxylic acids is 2. The van der Waals surface area contributed by atoms with Gasteiger partial charge in [0.15, 0.2) is 0 Å². The lowest BCUT2D eigenvalue weighted by atomic mass is 9.97. The number of hydrogen-bond donors (Lipinski definition) is 3. The first-order chi connectivity index (χ1) is 25.2. The van der Waals surface area contributed by atoms with E-state index in [0.717, 1.165) is 105 Å². The predicted octanol–water partition coefficient (Wildman–Crippen LogP) is 10.3. The fourth-order valence-electron chi connectivity index (χ4n) is 7.92. The first kappa shape index (κ1) is 34.7. The van der Waals surface area contributed by atoms with Gasteiger partial charge in [-0.15, -0.1) is 0 Å². The Bertz CT molecular complexity index is 2340. The normalized spacial score (nSPS) is 17.5. The third-order valence-electron chi connectivity index (χ3n) is 10.4. The SMILES string of the molecule is CC(C)(C)OC(=O)NC1(c2nc3ccc(-c4ccc(-c5ccc6c(ccc7[nH]c([C@@H]8CCCN8C(=O)OC(C)(C)C)nc76)c5)cc4)cc3[nH]2)CCCC1. The summed E-state index contributed by atoms with van der Waals surface area (Å²) < 4.78 is 11.3. The molecule has 8 rings (SSSR count). The third kappa shape index (κ3) is 6.94. The van der Waals surface area contributed by atoms with Crippen LogP contribution in [0.25, 0.3) is 55.1 Å². The fourth-order valence-corrected chi connectivity index (χ4v) is 7.92. The number of benzene rings is 4.